The molecule has 4 rings (SSSR count). The first kappa shape index (κ1) is 18.2. The second-order valence-corrected chi connectivity index (χ2v) is 7.46. The number of nitrogens with one attached hydrogen (secondary N) is 3. The highest BCUT2D eigenvalue weighted by molar-refractivity contribution is 6.06. The lowest BCUT2D eigenvalue weighted by molar-refractivity contribution is -0.360. The highest BCUT2D eigenvalue weighted by Crippen LogP contribution is 2.43. The third-order valence-electron chi connectivity index (χ3n) is 5.35. The minimum Gasteiger partial charge on any atom is -0.362 e. The number of carbonyl (C=O) groups is 2. The number of pyridine rings is 1. The molecular weight excluding hydrogens is 354 g/mol. The van der Waals surface area contributed by atoms with Crippen LogP contribution in [-0.2, 0) is 16.6 Å². The van der Waals surface area contributed by atoms with E-state index in [9.17, 15) is 9.59 Å². The quantitative estimate of drug-likeness (QED) is 0.855. The summed E-state index contributed by atoms with van der Waals surface area (Å²) in [6.45, 7) is 3.85. The van der Waals surface area contributed by atoms with E-state index in [1.54, 1.807) is 17.1 Å². The number of allylic oxidation sites excluding steroid dienone is 3. The lowest BCUT2D eigenvalue weighted by Gasteiger charge is -2.36. The van der Waals surface area contributed by atoms with Crippen LogP contribution in [0.2, 0.25) is 0 Å². The van der Waals surface area contributed by atoms with Crippen molar-refractivity contribution in [2.45, 2.75) is 32.6 Å². The Morgan fingerprint density at radius 2 is 2.18 bits per heavy atom. The van der Waals surface area contributed by atoms with Gasteiger partial charge in [0.15, 0.2) is 0 Å². The second-order valence-electron chi connectivity index (χ2n) is 7.46. The van der Waals surface area contributed by atoms with Crippen LogP contribution < -0.4 is 15.6 Å². The lowest BCUT2D eigenvalue weighted by Crippen LogP contribution is -2.41. The number of anilines is 1. The van der Waals surface area contributed by atoms with Gasteiger partial charge in [-0.3, -0.25) is 9.48 Å². The Hall–Kier alpha value is -3.22. The lowest BCUT2D eigenvalue weighted by atomic mass is 9.71. The normalized spacial score (nSPS) is 21.7. The molecule has 3 heterocycles. The van der Waals surface area contributed by atoms with Crippen LogP contribution in [0.3, 0.4) is 0 Å². The molecule has 144 valence electrons. The predicted molar refractivity (Wildman–Crippen MR) is 104 cm³/mol. The summed E-state index contributed by atoms with van der Waals surface area (Å²) < 4.78 is 1.70. The van der Waals surface area contributed by atoms with E-state index in [0.717, 1.165) is 28.9 Å². The first-order valence-corrected chi connectivity index (χ1v) is 9.43. The molecule has 2 unspecified atom stereocenters. The van der Waals surface area contributed by atoms with Crippen molar-refractivity contribution in [1.29, 1.82) is 0 Å². The fraction of sp³-hybridized carbons (Fsp3) is 0.333. The van der Waals surface area contributed by atoms with Crippen LogP contribution in [0.25, 0.3) is 0 Å². The van der Waals surface area contributed by atoms with Crippen molar-refractivity contribution in [2.24, 2.45) is 13.0 Å². The molecule has 2 aliphatic rings. The Morgan fingerprint density at radius 1 is 1.36 bits per heavy atom. The van der Waals surface area contributed by atoms with E-state index in [4.69, 9.17) is 0 Å². The van der Waals surface area contributed by atoms with Crippen LogP contribution in [0.15, 0.2) is 53.8 Å². The number of carbonyl (C=O) groups excluding carboxylic acids is 2. The van der Waals surface area contributed by atoms with Gasteiger partial charge in [-0.1, -0.05) is 6.08 Å². The smallest absolute Gasteiger partial charge is 0.337 e. The summed E-state index contributed by atoms with van der Waals surface area (Å²) in [5, 5.41) is 10.5. The van der Waals surface area contributed by atoms with Crippen molar-refractivity contribution in [3.05, 3.63) is 64.9 Å². The molecule has 1 aliphatic carbocycles. The number of aromatic amines is 1. The molecule has 7 nitrogen and oxygen atoms in total. The minimum absolute atomic E-state index is 0.152. The average molecular weight is 378 g/mol. The van der Waals surface area contributed by atoms with Crippen LogP contribution in [0.4, 0.5) is 5.82 Å². The van der Waals surface area contributed by atoms with E-state index in [2.05, 4.69) is 26.8 Å². The van der Waals surface area contributed by atoms with E-state index in [0.29, 0.717) is 17.8 Å². The van der Waals surface area contributed by atoms with E-state index < -0.39 is 0 Å². The van der Waals surface area contributed by atoms with Gasteiger partial charge in [-0.25, -0.2) is 15.1 Å². The third-order valence-corrected chi connectivity index (χ3v) is 5.35. The first-order valence-electron chi connectivity index (χ1n) is 9.43. The monoisotopic (exact) mass is 378 g/mol. The van der Waals surface area contributed by atoms with Gasteiger partial charge in [0.1, 0.15) is 5.78 Å². The standard InChI is InChI=1S/C21H23N5O2/c1-12-7-8-22-17(9-12)25-21(28)18-13(2)24-15-5-4-6-16(27)20(15)19(18)14-10-23-26(3)11-14/h5,7-11,19-20,24H,4,6H2,1-3H3,(H,22,25,28)/p+1. The summed E-state index contributed by atoms with van der Waals surface area (Å²) in [4.78, 5) is 29.2. The maximum Gasteiger partial charge on any atom is 0.337 e. The highest BCUT2D eigenvalue weighted by atomic mass is 16.2. The highest BCUT2D eigenvalue weighted by Gasteiger charge is 2.44. The molecule has 2 atom stereocenters. The zero-order valence-corrected chi connectivity index (χ0v) is 16.2. The molecule has 1 amide bonds. The number of aryl methyl sites for hydroxylation is 2. The van der Waals surface area contributed by atoms with Gasteiger partial charge < -0.3 is 5.32 Å². The summed E-state index contributed by atoms with van der Waals surface area (Å²) in [7, 11) is 1.84. The Bertz CT molecular complexity index is 1020. The van der Waals surface area contributed by atoms with Gasteiger partial charge in [0.05, 0.1) is 23.9 Å². The second kappa shape index (κ2) is 7.07. The van der Waals surface area contributed by atoms with E-state index in [1.165, 1.54) is 0 Å². The molecule has 2 aromatic heterocycles. The number of amides is 1. The van der Waals surface area contributed by atoms with Crippen molar-refractivity contribution in [3.8, 4) is 0 Å². The van der Waals surface area contributed by atoms with Crippen LogP contribution >= 0.6 is 0 Å². The van der Waals surface area contributed by atoms with Crippen molar-refractivity contribution < 1.29 is 14.6 Å². The van der Waals surface area contributed by atoms with Gasteiger partial charge >= 0.3 is 5.91 Å². The molecule has 0 spiro atoms. The summed E-state index contributed by atoms with van der Waals surface area (Å²) in [6, 6.07) is 3.80. The molecule has 7 heteroatoms. The third kappa shape index (κ3) is 3.24. The number of ketones is 1. The SMILES string of the molecule is CC1=C(C(=O)Nc2cc(C)cc[nH+]2)C(c2cnn(C)c2)C2C(=O)CCC=C2N1. The molecule has 0 radical (unpaired) electrons. The minimum atomic E-state index is -0.385. The zero-order chi connectivity index (χ0) is 19.8. The molecule has 1 aliphatic heterocycles. The molecule has 3 N–H and O–H groups in total. The van der Waals surface area contributed by atoms with Crippen LogP contribution in [0, 0.1) is 12.8 Å². The Balaban J connectivity index is 1.78. The number of fused-ring (bicyclic) bond motifs is 1. The van der Waals surface area contributed by atoms with Gasteiger partial charge in [-0.05, 0) is 37.5 Å². The number of hydrogen-bond donors (Lipinski definition) is 2. The number of H-pyrrole nitrogens is 1. The summed E-state index contributed by atoms with van der Waals surface area (Å²) in [6.07, 6.45) is 8.71. The molecule has 0 saturated heterocycles. The molecule has 0 bridgehead atoms. The number of aromatic nitrogens is 3. The average Bonchev–Trinajstić information content (AvgIpc) is 3.06. The molecule has 0 aromatic carbocycles. The van der Waals surface area contributed by atoms with Gasteiger partial charge in [0.2, 0.25) is 0 Å². The van der Waals surface area contributed by atoms with E-state index in [1.807, 2.05) is 39.2 Å². The Kier molecular flexibility index (Phi) is 4.58. The molecule has 2 aromatic rings. The Morgan fingerprint density at radius 3 is 2.89 bits per heavy atom. The molecule has 28 heavy (non-hydrogen) atoms. The largest absolute Gasteiger partial charge is 0.362 e. The predicted octanol–water partition coefficient (Wildman–Crippen LogP) is 2.01. The number of Topliss-reactive ketones (excluding diaryl/α,β-unsaturated/α-hetero) is 1. The van der Waals surface area contributed by atoms with E-state index in [-0.39, 0.29) is 23.5 Å². The molecular formula is C21H24N5O2+. The van der Waals surface area contributed by atoms with Gasteiger partial charge in [-0.15, -0.1) is 0 Å². The first-order chi connectivity index (χ1) is 13.4. The van der Waals surface area contributed by atoms with Crippen LogP contribution in [0.5, 0.6) is 0 Å². The summed E-state index contributed by atoms with van der Waals surface area (Å²) in [5.41, 5.74) is 4.13. The zero-order valence-electron chi connectivity index (χ0n) is 16.2. The number of hydrogen-bond acceptors (Lipinski definition) is 4. The van der Waals surface area contributed by atoms with Crippen molar-refractivity contribution in [2.75, 3.05) is 5.32 Å². The molecule has 0 saturated carbocycles. The van der Waals surface area contributed by atoms with Crippen molar-refractivity contribution >= 4 is 17.5 Å². The van der Waals surface area contributed by atoms with Gasteiger partial charge in [0.25, 0.3) is 5.82 Å². The van der Waals surface area contributed by atoms with Gasteiger partial charge in [0, 0.05) is 43.0 Å². The maximum atomic E-state index is 13.3. The van der Waals surface area contributed by atoms with Crippen molar-refractivity contribution in [3.63, 3.8) is 0 Å². The van der Waals surface area contributed by atoms with Crippen LogP contribution in [0.1, 0.15) is 36.8 Å². The fourth-order valence-corrected chi connectivity index (χ4v) is 4.12. The van der Waals surface area contributed by atoms with Crippen molar-refractivity contribution in [1.82, 2.24) is 15.1 Å². The topological polar surface area (TPSA) is 90.2 Å². The number of rotatable bonds is 3. The maximum absolute atomic E-state index is 13.3. The summed E-state index contributed by atoms with van der Waals surface area (Å²) >= 11 is 0. The molecule has 0 fully saturated rings. The number of nitrogens with zero attached hydrogens (tertiary/aromatic N) is 2. The fourth-order valence-electron chi connectivity index (χ4n) is 4.12. The Labute approximate surface area is 163 Å². The summed E-state index contributed by atoms with van der Waals surface area (Å²) in [5.74, 6) is -0.203. The van der Waals surface area contributed by atoms with Crippen LogP contribution in [-0.4, -0.2) is 21.5 Å². The van der Waals surface area contributed by atoms with Gasteiger partial charge in [-0.2, -0.15) is 5.10 Å². The van der Waals surface area contributed by atoms with E-state index >= 15 is 0 Å².